The molecule has 26 heavy (non-hydrogen) atoms. The molecule has 1 heterocycles. The van der Waals surface area contributed by atoms with Gasteiger partial charge in [0.2, 0.25) is 0 Å². The summed E-state index contributed by atoms with van der Waals surface area (Å²) >= 11 is 11.7. The van der Waals surface area contributed by atoms with E-state index in [-0.39, 0.29) is 15.6 Å². The predicted octanol–water partition coefficient (Wildman–Crippen LogP) is 5.23. The predicted molar refractivity (Wildman–Crippen MR) is 96.1 cm³/mol. The summed E-state index contributed by atoms with van der Waals surface area (Å²) in [5.41, 5.74) is -0.478. The van der Waals surface area contributed by atoms with Crippen LogP contribution in [0.4, 0.5) is 8.78 Å². The number of hydrogen-bond acceptors (Lipinski definition) is 3. The molecular weight excluding hydrogens is 403 g/mol. The maximum atomic E-state index is 14.4. The van der Waals surface area contributed by atoms with Crippen LogP contribution in [0.2, 0.25) is 10.2 Å². The van der Waals surface area contributed by atoms with E-state index in [9.17, 15) is 17.2 Å². The highest BCUT2D eigenvalue weighted by Gasteiger charge is 2.35. The van der Waals surface area contributed by atoms with Crippen molar-refractivity contribution in [2.45, 2.75) is 10.1 Å². The average molecular weight is 414 g/mol. The minimum Gasteiger partial charge on any atom is -0.245 e. The van der Waals surface area contributed by atoms with Gasteiger partial charge in [0.15, 0.2) is 9.84 Å². The minimum absolute atomic E-state index is 0.00977. The highest BCUT2D eigenvalue weighted by molar-refractivity contribution is 7.91. The zero-order valence-electron chi connectivity index (χ0n) is 13.0. The first kappa shape index (κ1) is 18.8. The summed E-state index contributed by atoms with van der Waals surface area (Å²) < 4.78 is 55.3. The van der Waals surface area contributed by atoms with Crippen molar-refractivity contribution in [3.05, 3.63) is 93.7 Å². The number of aromatic nitrogens is 1. The van der Waals surface area contributed by atoms with Gasteiger partial charge in [0.25, 0.3) is 0 Å². The first-order chi connectivity index (χ1) is 12.3. The van der Waals surface area contributed by atoms with E-state index >= 15 is 0 Å². The van der Waals surface area contributed by atoms with E-state index in [0.717, 1.165) is 12.1 Å². The number of rotatable bonds is 4. The number of benzene rings is 2. The van der Waals surface area contributed by atoms with E-state index in [2.05, 4.69) is 4.98 Å². The Morgan fingerprint density at radius 2 is 1.54 bits per heavy atom. The number of halogens is 4. The lowest BCUT2D eigenvalue weighted by Crippen LogP contribution is -2.18. The number of nitrogens with zero attached hydrogens (tertiary/aromatic N) is 1. The van der Waals surface area contributed by atoms with Crippen LogP contribution >= 0.6 is 23.2 Å². The Morgan fingerprint density at radius 1 is 0.923 bits per heavy atom. The Hall–Kier alpha value is -2.02. The smallest absolute Gasteiger partial charge is 0.189 e. The van der Waals surface area contributed by atoms with E-state index in [1.807, 2.05) is 0 Å². The zero-order valence-corrected chi connectivity index (χ0v) is 15.4. The number of hydrogen-bond donors (Lipinski definition) is 0. The molecule has 0 aliphatic rings. The molecule has 0 amide bonds. The lowest BCUT2D eigenvalue weighted by molar-refractivity contribution is 0.545. The van der Waals surface area contributed by atoms with Crippen molar-refractivity contribution in [1.29, 1.82) is 0 Å². The Bertz CT molecular complexity index is 1040. The maximum absolute atomic E-state index is 14.4. The van der Waals surface area contributed by atoms with Gasteiger partial charge in [-0.1, -0.05) is 29.3 Å². The van der Waals surface area contributed by atoms with Gasteiger partial charge in [-0.25, -0.2) is 22.2 Å². The van der Waals surface area contributed by atoms with Gasteiger partial charge in [-0.3, -0.25) is 0 Å². The van der Waals surface area contributed by atoms with Crippen molar-refractivity contribution in [3.63, 3.8) is 0 Å². The number of pyridine rings is 1. The minimum atomic E-state index is -4.21. The van der Waals surface area contributed by atoms with E-state index in [1.165, 1.54) is 48.7 Å². The lowest BCUT2D eigenvalue weighted by Gasteiger charge is -2.20. The molecule has 0 saturated heterocycles. The normalized spacial score (nSPS) is 12.8. The molecule has 0 aliphatic heterocycles. The second-order valence-electron chi connectivity index (χ2n) is 5.43. The summed E-state index contributed by atoms with van der Waals surface area (Å²) in [4.78, 5) is 3.67. The fourth-order valence-corrected chi connectivity index (χ4v) is 4.74. The molecular formula is C18H11Cl2F2NO2S. The quantitative estimate of drug-likeness (QED) is 0.550. The SMILES string of the molecule is O=S(=O)(c1ccc(Cl)cc1)C(c1ccnc(Cl)c1)c1c(F)cccc1F. The van der Waals surface area contributed by atoms with Crippen LogP contribution in [-0.4, -0.2) is 13.4 Å². The summed E-state index contributed by atoms with van der Waals surface area (Å²) in [5, 5.41) is -1.29. The first-order valence-corrected chi connectivity index (χ1v) is 9.66. The second-order valence-corrected chi connectivity index (χ2v) is 8.28. The molecule has 0 aliphatic carbocycles. The molecule has 0 spiro atoms. The van der Waals surface area contributed by atoms with E-state index < -0.39 is 32.3 Å². The molecule has 1 unspecified atom stereocenters. The zero-order chi connectivity index (χ0) is 18.9. The van der Waals surface area contributed by atoms with E-state index in [4.69, 9.17) is 23.2 Å². The van der Waals surface area contributed by atoms with Crippen LogP contribution in [0.3, 0.4) is 0 Å². The van der Waals surface area contributed by atoms with Crippen molar-refractivity contribution in [2.75, 3.05) is 0 Å². The Kier molecular flexibility index (Phi) is 5.27. The molecule has 0 fully saturated rings. The molecule has 3 rings (SSSR count). The Balaban J connectivity index is 2.29. The van der Waals surface area contributed by atoms with Gasteiger partial charge in [0.05, 0.1) is 4.90 Å². The van der Waals surface area contributed by atoms with Crippen LogP contribution in [0.25, 0.3) is 0 Å². The largest absolute Gasteiger partial charge is 0.245 e. The molecule has 1 aromatic heterocycles. The van der Waals surface area contributed by atoms with Crippen molar-refractivity contribution in [3.8, 4) is 0 Å². The summed E-state index contributed by atoms with van der Waals surface area (Å²) in [5.74, 6) is -1.94. The summed E-state index contributed by atoms with van der Waals surface area (Å²) in [6.07, 6.45) is 1.28. The van der Waals surface area contributed by atoms with Crippen LogP contribution < -0.4 is 0 Å². The Morgan fingerprint density at radius 3 is 2.12 bits per heavy atom. The monoisotopic (exact) mass is 413 g/mol. The molecule has 3 nitrogen and oxygen atoms in total. The molecule has 3 aromatic rings. The summed E-state index contributed by atoms with van der Waals surface area (Å²) in [6, 6.07) is 11.2. The molecule has 1 atom stereocenters. The van der Waals surface area contributed by atoms with Crippen LogP contribution in [0.5, 0.6) is 0 Å². The van der Waals surface area contributed by atoms with Gasteiger partial charge >= 0.3 is 0 Å². The molecule has 2 aromatic carbocycles. The van der Waals surface area contributed by atoms with Crippen LogP contribution in [0.15, 0.2) is 65.7 Å². The molecule has 8 heteroatoms. The topological polar surface area (TPSA) is 47.0 Å². The van der Waals surface area contributed by atoms with Gasteiger partial charge in [-0.2, -0.15) is 0 Å². The van der Waals surface area contributed by atoms with Gasteiger partial charge < -0.3 is 0 Å². The van der Waals surface area contributed by atoms with Gasteiger partial charge in [0.1, 0.15) is 22.0 Å². The van der Waals surface area contributed by atoms with E-state index in [0.29, 0.717) is 5.02 Å². The summed E-state index contributed by atoms with van der Waals surface area (Å²) in [7, 11) is -4.21. The van der Waals surface area contributed by atoms with Gasteiger partial charge in [-0.15, -0.1) is 0 Å². The first-order valence-electron chi connectivity index (χ1n) is 7.35. The van der Waals surface area contributed by atoms with Gasteiger partial charge in [-0.05, 0) is 54.1 Å². The second kappa shape index (κ2) is 7.31. The maximum Gasteiger partial charge on any atom is 0.189 e. The van der Waals surface area contributed by atoms with Crippen LogP contribution in [0.1, 0.15) is 16.4 Å². The lowest BCUT2D eigenvalue weighted by atomic mass is 10.0. The van der Waals surface area contributed by atoms with E-state index in [1.54, 1.807) is 0 Å². The van der Waals surface area contributed by atoms with Crippen LogP contribution in [0, 0.1) is 11.6 Å². The standard InChI is InChI=1S/C18H11Cl2F2NO2S/c19-12-4-6-13(7-5-12)26(24,25)18(11-8-9-23-16(20)10-11)17-14(21)2-1-3-15(17)22/h1-10,18H. The highest BCUT2D eigenvalue weighted by Crippen LogP contribution is 2.38. The fraction of sp³-hybridized carbons (Fsp3) is 0.0556. The third kappa shape index (κ3) is 3.58. The van der Waals surface area contributed by atoms with Crippen molar-refractivity contribution in [2.24, 2.45) is 0 Å². The summed E-state index contributed by atoms with van der Waals surface area (Å²) in [6.45, 7) is 0. The number of sulfone groups is 1. The third-order valence-electron chi connectivity index (χ3n) is 3.77. The molecule has 0 bridgehead atoms. The molecule has 0 radical (unpaired) electrons. The molecule has 134 valence electrons. The fourth-order valence-electron chi connectivity index (χ4n) is 2.60. The third-order valence-corrected chi connectivity index (χ3v) is 6.28. The highest BCUT2D eigenvalue weighted by atomic mass is 35.5. The van der Waals surface area contributed by atoms with Crippen molar-refractivity contribution >= 4 is 33.0 Å². The van der Waals surface area contributed by atoms with Gasteiger partial charge in [0, 0.05) is 16.8 Å². The average Bonchev–Trinajstić information content (AvgIpc) is 2.58. The van der Waals surface area contributed by atoms with Crippen LogP contribution in [-0.2, 0) is 9.84 Å². The molecule has 0 saturated carbocycles. The van der Waals surface area contributed by atoms with Crippen molar-refractivity contribution < 1.29 is 17.2 Å². The Labute approximate surface area is 159 Å². The molecule has 0 N–H and O–H groups in total. The van der Waals surface area contributed by atoms with Crippen molar-refractivity contribution in [1.82, 2.24) is 4.98 Å².